The smallest absolute Gasteiger partial charge is 0.399 e. The van der Waals surface area contributed by atoms with Crippen LogP contribution in [0, 0.1) is 21.7 Å². The fraction of sp³-hybridized carbons (Fsp3) is 0.944. The number of hydrogen-bond acceptors (Lipinski definition) is 1. The summed E-state index contributed by atoms with van der Waals surface area (Å²) in [6, 6.07) is 0. The van der Waals surface area contributed by atoms with Crippen LogP contribution < -0.4 is 0 Å². The van der Waals surface area contributed by atoms with Crippen LogP contribution in [-0.4, -0.2) is 35.0 Å². The van der Waals surface area contributed by atoms with Crippen molar-refractivity contribution in [3.8, 4) is 0 Å². The van der Waals surface area contributed by atoms with E-state index in [1.54, 1.807) is 0 Å². The van der Waals surface area contributed by atoms with E-state index >= 15 is 17.6 Å². The molecule has 0 aliphatic carbocycles. The summed E-state index contributed by atoms with van der Waals surface area (Å²) in [5, 5.41) is 9.04. The van der Waals surface area contributed by atoms with Gasteiger partial charge in [0.05, 0.1) is 10.8 Å². The van der Waals surface area contributed by atoms with Gasteiger partial charge in [-0.2, -0.15) is 13.2 Å². The average Bonchev–Trinajstić information content (AvgIpc) is 2.51. The number of carboxylic acids is 1. The van der Waals surface area contributed by atoms with Gasteiger partial charge in [0.1, 0.15) is 10.8 Å². The Morgan fingerprint density at radius 1 is 0.655 bits per heavy atom. The van der Waals surface area contributed by atoms with Crippen LogP contribution in [0.4, 0.5) is 39.5 Å². The van der Waals surface area contributed by atoms with E-state index in [9.17, 15) is 26.7 Å². The molecule has 29 heavy (non-hydrogen) atoms. The minimum atomic E-state index is -5.63. The van der Waals surface area contributed by atoms with Crippen LogP contribution in [0.15, 0.2) is 0 Å². The van der Waals surface area contributed by atoms with Crippen LogP contribution in [0.1, 0.15) is 61.8 Å². The van der Waals surface area contributed by atoms with Crippen LogP contribution in [0.2, 0.25) is 0 Å². The van der Waals surface area contributed by atoms with Gasteiger partial charge in [-0.25, -0.2) is 26.3 Å². The Balaban J connectivity index is 6.97. The van der Waals surface area contributed by atoms with Crippen molar-refractivity contribution in [2.75, 3.05) is 0 Å². The van der Waals surface area contributed by atoms with Gasteiger partial charge >= 0.3 is 12.1 Å². The van der Waals surface area contributed by atoms with Crippen molar-refractivity contribution in [2.24, 2.45) is 21.7 Å². The Bertz CT molecular complexity index is 634. The third kappa shape index (κ3) is 3.30. The van der Waals surface area contributed by atoms with Crippen molar-refractivity contribution in [1.82, 2.24) is 0 Å². The van der Waals surface area contributed by atoms with Crippen molar-refractivity contribution in [3.05, 3.63) is 0 Å². The predicted octanol–water partition coefficient (Wildman–Crippen LogP) is 7.03. The lowest BCUT2D eigenvalue weighted by Gasteiger charge is -2.56. The first-order valence-corrected chi connectivity index (χ1v) is 8.69. The number of alkyl halides is 9. The van der Waals surface area contributed by atoms with Crippen LogP contribution in [-0.2, 0) is 4.79 Å². The zero-order chi connectivity index (χ0) is 24.3. The van der Waals surface area contributed by atoms with Gasteiger partial charge in [0.25, 0.3) is 17.8 Å². The average molecular weight is 446 g/mol. The van der Waals surface area contributed by atoms with Crippen molar-refractivity contribution < 1.29 is 49.4 Å². The Labute approximate surface area is 163 Å². The van der Waals surface area contributed by atoms with E-state index in [-0.39, 0.29) is 34.6 Å². The predicted molar refractivity (Wildman–Crippen MR) is 88.3 cm³/mol. The van der Waals surface area contributed by atoms with Crippen LogP contribution >= 0.6 is 0 Å². The van der Waals surface area contributed by atoms with Gasteiger partial charge in [-0.1, -0.05) is 6.92 Å². The summed E-state index contributed by atoms with van der Waals surface area (Å²) < 4.78 is 131. The van der Waals surface area contributed by atoms with E-state index in [2.05, 4.69) is 0 Å². The summed E-state index contributed by atoms with van der Waals surface area (Å²) >= 11 is 0. The molecule has 0 radical (unpaired) electrons. The van der Waals surface area contributed by atoms with E-state index in [4.69, 9.17) is 5.11 Å². The number of carbonyl (C=O) groups is 1. The van der Waals surface area contributed by atoms with Gasteiger partial charge in [0, 0.05) is 0 Å². The first-order chi connectivity index (χ1) is 12.3. The fourth-order valence-electron chi connectivity index (χ4n) is 3.31. The molecule has 0 aromatic heterocycles. The zero-order valence-electron chi connectivity index (χ0n) is 17.5. The second kappa shape index (κ2) is 6.93. The standard InChI is InChI=1S/C18H27F9O2/c1-9-14(8,17(23,24)13(6,7)18(25,26)27)16(21,22)12(4,5)15(19,20)11(2,3)10(28)29/h9H2,1-8H3,(H,28,29). The van der Waals surface area contributed by atoms with Gasteiger partial charge in [0.15, 0.2) is 0 Å². The largest absolute Gasteiger partial charge is 0.481 e. The van der Waals surface area contributed by atoms with E-state index < -0.39 is 58.0 Å². The van der Waals surface area contributed by atoms with Crippen molar-refractivity contribution in [1.29, 1.82) is 0 Å². The Kier molecular flexibility index (Phi) is 6.66. The lowest BCUT2D eigenvalue weighted by molar-refractivity contribution is -0.378. The van der Waals surface area contributed by atoms with Crippen LogP contribution in [0.5, 0.6) is 0 Å². The van der Waals surface area contributed by atoms with Crippen molar-refractivity contribution in [3.63, 3.8) is 0 Å². The quantitative estimate of drug-likeness (QED) is 0.406. The highest BCUT2D eigenvalue weighted by atomic mass is 19.4. The molecule has 0 aliphatic rings. The summed E-state index contributed by atoms with van der Waals surface area (Å²) in [7, 11) is 0. The maximum absolute atomic E-state index is 15.4. The second-order valence-electron chi connectivity index (χ2n) is 9.09. The first kappa shape index (κ1) is 27.8. The molecule has 1 atom stereocenters. The number of hydrogen-bond donors (Lipinski definition) is 1. The molecular formula is C18H27F9O2. The van der Waals surface area contributed by atoms with Crippen molar-refractivity contribution >= 4 is 5.97 Å². The highest BCUT2D eigenvalue weighted by molar-refractivity contribution is 5.75. The normalized spacial score (nSPS) is 17.8. The van der Waals surface area contributed by atoms with E-state index in [0.29, 0.717) is 13.8 Å². The van der Waals surface area contributed by atoms with Gasteiger partial charge in [-0.3, -0.25) is 4.79 Å². The highest BCUT2D eigenvalue weighted by Gasteiger charge is 2.81. The molecule has 11 heteroatoms. The minimum Gasteiger partial charge on any atom is -0.481 e. The highest BCUT2D eigenvalue weighted by Crippen LogP contribution is 2.68. The minimum absolute atomic E-state index is 0.0172. The third-order valence-electron chi connectivity index (χ3n) is 6.48. The molecule has 0 amide bonds. The Morgan fingerprint density at radius 2 is 0.966 bits per heavy atom. The molecule has 1 N–H and O–H groups in total. The van der Waals surface area contributed by atoms with Gasteiger partial charge in [-0.15, -0.1) is 0 Å². The lowest BCUT2D eigenvalue weighted by Crippen LogP contribution is -2.70. The molecule has 0 spiro atoms. The second-order valence-corrected chi connectivity index (χ2v) is 9.09. The third-order valence-corrected chi connectivity index (χ3v) is 6.48. The topological polar surface area (TPSA) is 37.3 Å². The van der Waals surface area contributed by atoms with Gasteiger partial charge < -0.3 is 5.11 Å². The van der Waals surface area contributed by atoms with Gasteiger partial charge in [0.2, 0.25) is 0 Å². The van der Waals surface area contributed by atoms with E-state index in [0.717, 1.165) is 6.92 Å². The lowest BCUT2D eigenvalue weighted by atomic mass is 9.55. The molecule has 0 saturated carbocycles. The molecular weight excluding hydrogens is 419 g/mol. The molecule has 174 valence electrons. The molecule has 0 aromatic rings. The summed E-state index contributed by atoms with van der Waals surface area (Å²) in [5.74, 6) is -17.3. The molecule has 1 unspecified atom stereocenters. The molecule has 2 nitrogen and oxygen atoms in total. The monoisotopic (exact) mass is 446 g/mol. The maximum Gasteiger partial charge on any atom is 0.399 e. The molecule has 0 aliphatic heterocycles. The first-order valence-electron chi connectivity index (χ1n) is 8.69. The van der Waals surface area contributed by atoms with Crippen molar-refractivity contribution in [2.45, 2.75) is 85.8 Å². The summed E-state index contributed by atoms with van der Waals surface area (Å²) in [6.07, 6.45) is -6.92. The molecule has 0 aromatic carbocycles. The number of halogens is 9. The SMILES string of the molecule is CCC(C)(C(F)(F)C(C)(C)C(F)(F)F)C(F)(F)C(C)(C)C(F)(F)C(C)(C)C(=O)O. The molecule has 0 heterocycles. The van der Waals surface area contributed by atoms with Crippen LogP contribution in [0.3, 0.4) is 0 Å². The molecule has 0 fully saturated rings. The summed E-state index contributed by atoms with van der Waals surface area (Å²) in [6.45, 7) is 2.14. The Morgan fingerprint density at radius 3 is 1.21 bits per heavy atom. The maximum atomic E-state index is 15.4. The zero-order valence-corrected chi connectivity index (χ0v) is 17.5. The summed E-state index contributed by atoms with van der Waals surface area (Å²) in [4.78, 5) is 11.2. The van der Waals surface area contributed by atoms with Crippen LogP contribution in [0.25, 0.3) is 0 Å². The van der Waals surface area contributed by atoms with E-state index in [1.807, 2.05) is 0 Å². The van der Waals surface area contributed by atoms with Gasteiger partial charge in [-0.05, 0) is 54.9 Å². The number of carboxylic acid groups (broad SMARTS) is 1. The number of aliphatic carboxylic acids is 1. The molecule has 0 saturated heterocycles. The summed E-state index contributed by atoms with van der Waals surface area (Å²) in [5.41, 5.74) is -14.7. The fourth-order valence-corrected chi connectivity index (χ4v) is 3.31. The number of rotatable bonds is 8. The molecule has 0 bridgehead atoms. The Hall–Kier alpha value is -1.16. The van der Waals surface area contributed by atoms with E-state index in [1.165, 1.54) is 0 Å². The molecule has 0 rings (SSSR count).